The number of amides is 3. The molecule has 3 amide bonds. The first kappa shape index (κ1) is 33.5. The molecule has 1 saturated carbocycles. The minimum absolute atomic E-state index is 0.0275. The standard InChI is InChI=1S/C38H41N5O6/c1-2-47-38(46)43-23-21-42(22-24-43)37(45)34(28-17-19-30(20-18-28)48-26-27-11-5-3-6-12-27)41-36(44)32-25-33(49-31-15-9-10-16-31)40-35(39-32)29-13-7-4-8-14-29/h3-8,11-14,17-20,25,31,34H,2,9-10,15-16,21-24,26H2,1H3,(H,41,44). The average Bonchev–Trinajstić information content (AvgIpc) is 3.67. The number of rotatable bonds is 11. The Bertz CT molecular complexity index is 1710. The average molecular weight is 664 g/mol. The first-order valence-electron chi connectivity index (χ1n) is 16.9. The number of aromatic nitrogens is 2. The van der Waals surface area contributed by atoms with E-state index in [2.05, 4.69) is 15.3 Å². The summed E-state index contributed by atoms with van der Waals surface area (Å²) in [7, 11) is 0. The van der Waals surface area contributed by atoms with Crippen molar-refractivity contribution >= 4 is 17.9 Å². The molecule has 1 atom stereocenters. The van der Waals surface area contributed by atoms with Crippen LogP contribution in [0.15, 0.2) is 91.0 Å². The molecule has 11 nitrogen and oxygen atoms in total. The van der Waals surface area contributed by atoms with Gasteiger partial charge in [-0.15, -0.1) is 0 Å². The van der Waals surface area contributed by atoms with E-state index in [1.165, 1.54) is 0 Å². The van der Waals surface area contributed by atoms with Gasteiger partial charge in [0.1, 0.15) is 30.2 Å². The molecule has 254 valence electrons. The molecule has 6 rings (SSSR count). The molecule has 1 saturated heterocycles. The molecule has 1 aliphatic carbocycles. The summed E-state index contributed by atoms with van der Waals surface area (Å²) in [5.74, 6) is 0.478. The highest BCUT2D eigenvalue weighted by molar-refractivity contribution is 5.97. The predicted octanol–water partition coefficient (Wildman–Crippen LogP) is 5.82. The van der Waals surface area contributed by atoms with Crippen LogP contribution in [0.4, 0.5) is 4.79 Å². The molecule has 1 unspecified atom stereocenters. The van der Waals surface area contributed by atoms with Gasteiger partial charge in [0.15, 0.2) is 5.82 Å². The molecule has 1 aliphatic heterocycles. The fourth-order valence-electron chi connectivity index (χ4n) is 5.99. The Morgan fingerprint density at radius 3 is 2.16 bits per heavy atom. The summed E-state index contributed by atoms with van der Waals surface area (Å²) in [5, 5.41) is 2.96. The molecule has 2 fully saturated rings. The van der Waals surface area contributed by atoms with Gasteiger partial charge in [-0.25, -0.2) is 9.78 Å². The van der Waals surface area contributed by atoms with Gasteiger partial charge in [-0.3, -0.25) is 9.59 Å². The Labute approximate surface area is 286 Å². The van der Waals surface area contributed by atoms with Crippen molar-refractivity contribution in [1.29, 1.82) is 0 Å². The zero-order valence-electron chi connectivity index (χ0n) is 27.6. The molecule has 2 heterocycles. The van der Waals surface area contributed by atoms with Crippen LogP contribution in [0, 0.1) is 0 Å². The van der Waals surface area contributed by atoms with Crippen molar-refractivity contribution in [3.63, 3.8) is 0 Å². The number of hydrogen-bond acceptors (Lipinski definition) is 8. The zero-order valence-corrected chi connectivity index (χ0v) is 27.6. The highest BCUT2D eigenvalue weighted by atomic mass is 16.6. The highest BCUT2D eigenvalue weighted by Gasteiger charge is 2.32. The van der Waals surface area contributed by atoms with Crippen LogP contribution >= 0.6 is 0 Å². The molecular weight excluding hydrogens is 622 g/mol. The van der Waals surface area contributed by atoms with Gasteiger partial charge < -0.3 is 29.3 Å². The van der Waals surface area contributed by atoms with Crippen molar-refractivity contribution in [3.8, 4) is 23.0 Å². The Morgan fingerprint density at radius 1 is 0.837 bits per heavy atom. The van der Waals surface area contributed by atoms with Crippen LogP contribution in [0.3, 0.4) is 0 Å². The first-order chi connectivity index (χ1) is 24.0. The second-order valence-electron chi connectivity index (χ2n) is 12.1. The van der Waals surface area contributed by atoms with E-state index in [0.717, 1.165) is 36.8 Å². The third kappa shape index (κ3) is 8.72. The lowest BCUT2D eigenvalue weighted by atomic mass is 10.0. The fourth-order valence-corrected chi connectivity index (χ4v) is 5.99. The van der Waals surface area contributed by atoms with Gasteiger partial charge in [0.25, 0.3) is 5.91 Å². The summed E-state index contributed by atoms with van der Waals surface area (Å²) in [6, 6.07) is 26.9. The van der Waals surface area contributed by atoms with E-state index < -0.39 is 18.0 Å². The molecule has 1 N–H and O–H groups in total. The Morgan fingerprint density at radius 2 is 1.49 bits per heavy atom. The lowest BCUT2D eigenvalue weighted by Crippen LogP contribution is -2.53. The maximum atomic E-state index is 14.1. The zero-order chi connectivity index (χ0) is 34.0. The van der Waals surface area contributed by atoms with Crippen LogP contribution in [0.5, 0.6) is 11.6 Å². The highest BCUT2D eigenvalue weighted by Crippen LogP contribution is 2.27. The normalized spacial score (nSPS) is 15.4. The molecule has 2 aliphatic rings. The number of nitrogens with one attached hydrogen (secondary N) is 1. The van der Waals surface area contributed by atoms with Gasteiger partial charge in [0.2, 0.25) is 11.8 Å². The van der Waals surface area contributed by atoms with Gasteiger partial charge in [-0.05, 0) is 55.9 Å². The maximum Gasteiger partial charge on any atom is 0.409 e. The van der Waals surface area contributed by atoms with Crippen LogP contribution in [0.1, 0.15) is 60.3 Å². The molecule has 0 bridgehead atoms. The molecule has 0 radical (unpaired) electrons. The molecule has 1 aromatic heterocycles. The van der Waals surface area contributed by atoms with E-state index in [-0.39, 0.29) is 24.3 Å². The molecule has 4 aromatic rings. The molecule has 0 spiro atoms. The van der Waals surface area contributed by atoms with E-state index in [1.807, 2.05) is 60.7 Å². The monoisotopic (exact) mass is 663 g/mol. The van der Waals surface area contributed by atoms with Crippen LogP contribution in [0.25, 0.3) is 11.4 Å². The number of nitrogens with zero attached hydrogens (tertiary/aromatic N) is 4. The van der Waals surface area contributed by atoms with Crippen LogP contribution < -0.4 is 14.8 Å². The number of piperazine rings is 1. The number of carbonyl (C=O) groups is 3. The van der Waals surface area contributed by atoms with Crippen LogP contribution in [-0.2, 0) is 16.1 Å². The van der Waals surface area contributed by atoms with E-state index in [0.29, 0.717) is 55.8 Å². The smallest absolute Gasteiger partial charge is 0.409 e. The Hall–Kier alpha value is -5.45. The third-order valence-electron chi connectivity index (χ3n) is 8.66. The molecule has 3 aromatic carbocycles. The molecule has 11 heteroatoms. The fraction of sp³-hybridized carbons (Fsp3) is 0.342. The number of benzene rings is 3. The Kier molecular flexibility index (Phi) is 11.0. The van der Waals surface area contributed by atoms with Crippen molar-refractivity contribution in [2.24, 2.45) is 0 Å². The van der Waals surface area contributed by atoms with E-state index in [4.69, 9.17) is 14.2 Å². The van der Waals surface area contributed by atoms with Gasteiger partial charge in [0.05, 0.1) is 6.61 Å². The Balaban J connectivity index is 1.25. The number of hydrogen-bond donors (Lipinski definition) is 1. The van der Waals surface area contributed by atoms with Crippen molar-refractivity contribution in [2.75, 3.05) is 32.8 Å². The largest absolute Gasteiger partial charge is 0.489 e. The maximum absolute atomic E-state index is 14.1. The number of ether oxygens (including phenoxy) is 3. The third-order valence-corrected chi connectivity index (χ3v) is 8.66. The quantitative estimate of drug-likeness (QED) is 0.213. The lowest BCUT2D eigenvalue weighted by molar-refractivity contribution is -0.135. The van der Waals surface area contributed by atoms with E-state index in [9.17, 15) is 14.4 Å². The van der Waals surface area contributed by atoms with Gasteiger partial charge in [-0.2, -0.15) is 4.98 Å². The van der Waals surface area contributed by atoms with Gasteiger partial charge in [0, 0.05) is 37.8 Å². The summed E-state index contributed by atoms with van der Waals surface area (Å²) in [4.78, 5) is 52.9. The minimum atomic E-state index is -1.03. The summed E-state index contributed by atoms with van der Waals surface area (Å²) < 4.78 is 17.3. The molecular formula is C38H41N5O6. The van der Waals surface area contributed by atoms with Crippen molar-refractivity contribution < 1.29 is 28.6 Å². The SMILES string of the molecule is CCOC(=O)N1CCN(C(=O)C(NC(=O)c2cc(OC3CCCC3)nc(-c3ccccc3)n2)c2ccc(OCc3ccccc3)cc2)CC1. The minimum Gasteiger partial charge on any atom is -0.489 e. The predicted molar refractivity (Wildman–Crippen MR) is 183 cm³/mol. The van der Waals surface area contributed by atoms with Crippen molar-refractivity contribution in [2.45, 2.75) is 51.4 Å². The second-order valence-corrected chi connectivity index (χ2v) is 12.1. The van der Waals surface area contributed by atoms with Gasteiger partial charge in [-0.1, -0.05) is 72.8 Å². The first-order valence-corrected chi connectivity index (χ1v) is 16.9. The van der Waals surface area contributed by atoms with E-state index in [1.54, 1.807) is 47.1 Å². The van der Waals surface area contributed by atoms with E-state index >= 15 is 0 Å². The molecule has 49 heavy (non-hydrogen) atoms. The van der Waals surface area contributed by atoms with Crippen LogP contribution in [0.2, 0.25) is 0 Å². The topological polar surface area (TPSA) is 123 Å². The van der Waals surface area contributed by atoms with Crippen molar-refractivity contribution in [3.05, 3.63) is 108 Å². The lowest BCUT2D eigenvalue weighted by Gasteiger charge is -2.36. The number of carbonyl (C=O) groups excluding carboxylic acids is 3. The van der Waals surface area contributed by atoms with Crippen LogP contribution in [-0.4, -0.2) is 76.6 Å². The second kappa shape index (κ2) is 16.1. The van der Waals surface area contributed by atoms with Gasteiger partial charge >= 0.3 is 6.09 Å². The van der Waals surface area contributed by atoms with Crippen molar-refractivity contribution in [1.82, 2.24) is 25.1 Å². The summed E-state index contributed by atoms with van der Waals surface area (Å²) in [6.45, 7) is 3.68. The summed E-state index contributed by atoms with van der Waals surface area (Å²) >= 11 is 0. The summed E-state index contributed by atoms with van der Waals surface area (Å²) in [5.41, 5.74) is 2.45. The summed E-state index contributed by atoms with van der Waals surface area (Å²) in [6.07, 6.45) is 3.65.